The fourth-order valence-electron chi connectivity index (χ4n) is 2.39. The number of carboxylic acid groups (broad SMARTS) is 1. The zero-order valence-electron chi connectivity index (χ0n) is 14.3. The number of pyridine rings is 1. The summed E-state index contributed by atoms with van der Waals surface area (Å²) in [7, 11) is 3.17. The number of hydrogen-bond donors (Lipinski definition) is 2. The molecule has 1 aromatic carbocycles. The molecule has 0 aliphatic carbocycles. The Balaban J connectivity index is 2.01. The van der Waals surface area contributed by atoms with Crippen LogP contribution in [0.1, 0.15) is 32.1 Å². The minimum Gasteiger partial charge on any atom is -0.497 e. The summed E-state index contributed by atoms with van der Waals surface area (Å²) >= 11 is 0. The number of carbonyl (C=O) groups excluding carboxylic acids is 1. The molecule has 0 spiro atoms. The lowest BCUT2D eigenvalue weighted by atomic mass is 10.1. The summed E-state index contributed by atoms with van der Waals surface area (Å²) in [6, 6.07) is 8.25. The number of aromatic nitrogens is 1. The van der Waals surface area contributed by atoms with Crippen molar-refractivity contribution in [1.82, 2.24) is 10.3 Å². The molecule has 0 atom stereocenters. The Hall–Kier alpha value is -3.09. The van der Waals surface area contributed by atoms with Crippen LogP contribution < -0.4 is 14.8 Å². The normalized spacial score (nSPS) is 10.2. The maximum absolute atomic E-state index is 12.2. The number of aryl methyl sites for hydroxylation is 1. The molecule has 7 nitrogen and oxygen atoms in total. The maximum Gasteiger partial charge on any atom is 0.337 e. The molecule has 25 heavy (non-hydrogen) atoms. The van der Waals surface area contributed by atoms with Gasteiger partial charge in [0, 0.05) is 6.54 Å². The first kappa shape index (κ1) is 18.3. The Labute approximate surface area is 145 Å². The predicted octanol–water partition coefficient (Wildman–Crippen LogP) is 2.08. The third-order valence-corrected chi connectivity index (χ3v) is 3.72. The van der Waals surface area contributed by atoms with Gasteiger partial charge in [-0.3, -0.25) is 4.79 Å². The molecule has 7 heteroatoms. The molecular formula is C18H20N2O5. The van der Waals surface area contributed by atoms with E-state index in [2.05, 4.69) is 10.3 Å². The molecule has 2 aromatic rings. The van der Waals surface area contributed by atoms with Gasteiger partial charge in [0.2, 0.25) is 0 Å². The van der Waals surface area contributed by atoms with Gasteiger partial charge in [-0.25, -0.2) is 9.78 Å². The van der Waals surface area contributed by atoms with Gasteiger partial charge in [-0.15, -0.1) is 0 Å². The van der Waals surface area contributed by atoms with E-state index in [0.29, 0.717) is 24.4 Å². The van der Waals surface area contributed by atoms with Crippen molar-refractivity contribution in [2.75, 3.05) is 20.8 Å². The third-order valence-electron chi connectivity index (χ3n) is 3.72. The Morgan fingerprint density at radius 2 is 1.92 bits per heavy atom. The van der Waals surface area contributed by atoms with E-state index in [1.165, 1.54) is 12.1 Å². The molecule has 0 saturated heterocycles. The molecule has 0 saturated carbocycles. The Bertz CT molecular complexity index is 789. The second kappa shape index (κ2) is 8.14. The van der Waals surface area contributed by atoms with Crippen LogP contribution in [0.3, 0.4) is 0 Å². The second-order valence-corrected chi connectivity index (χ2v) is 5.32. The summed E-state index contributed by atoms with van der Waals surface area (Å²) in [5.41, 5.74) is 1.47. The van der Waals surface area contributed by atoms with E-state index in [0.717, 1.165) is 11.3 Å². The van der Waals surface area contributed by atoms with Crippen LogP contribution in [-0.4, -0.2) is 42.7 Å². The van der Waals surface area contributed by atoms with E-state index in [-0.39, 0.29) is 17.2 Å². The van der Waals surface area contributed by atoms with Gasteiger partial charge in [-0.05, 0) is 49.2 Å². The van der Waals surface area contributed by atoms with Crippen LogP contribution in [0.5, 0.6) is 11.5 Å². The van der Waals surface area contributed by atoms with Crippen molar-refractivity contribution in [1.29, 1.82) is 0 Å². The van der Waals surface area contributed by atoms with Gasteiger partial charge in [-0.2, -0.15) is 0 Å². The molecule has 0 fully saturated rings. The quantitative estimate of drug-likeness (QED) is 0.798. The number of aromatic carboxylic acids is 1. The topological polar surface area (TPSA) is 97.8 Å². The van der Waals surface area contributed by atoms with Crippen LogP contribution >= 0.6 is 0 Å². The monoisotopic (exact) mass is 344 g/mol. The lowest BCUT2D eigenvalue weighted by molar-refractivity contribution is 0.0694. The number of amides is 1. The second-order valence-electron chi connectivity index (χ2n) is 5.32. The standard InChI is InChI=1S/C18H20N2O5/c1-11-14(18(22)23)5-6-15(20-11)17(21)19-9-8-12-10-13(24-2)4-7-16(12)25-3/h4-7,10H,8-9H2,1-3H3,(H,19,21)(H,22,23). The van der Waals surface area contributed by atoms with Gasteiger partial charge in [0.1, 0.15) is 17.2 Å². The minimum absolute atomic E-state index is 0.0812. The SMILES string of the molecule is COc1ccc(OC)c(CCNC(=O)c2ccc(C(=O)O)c(C)n2)c1. The van der Waals surface area contributed by atoms with Crippen LogP contribution in [0.15, 0.2) is 30.3 Å². The summed E-state index contributed by atoms with van der Waals surface area (Å²) in [4.78, 5) is 27.2. The molecule has 0 aliphatic heterocycles. The number of hydrogen-bond acceptors (Lipinski definition) is 5. The first-order valence-electron chi connectivity index (χ1n) is 7.66. The van der Waals surface area contributed by atoms with Crippen LogP contribution in [0.25, 0.3) is 0 Å². The Kier molecular flexibility index (Phi) is 5.94. The number of nitrogens with zero attached hydrogens (tertiary/aromatic N) is 1. The molecule has 2 N–H and O–H groups in total. The van der Waals surface area contributed by atoms with Gasteiger partial charge in [0.15, 0.2) is 0 Å². The zero-order valence-corrected chi connectivity index (χ0v) is 14.3. The van der Waals surface area contributed by atoms with Crippen molar-refractivity contribution >= 4 is 11.9 Å². The minimum atomic E-state index is -1.07. The molecule has 0 bridgehead atoms. The molecule has 0 radical (unpaired) electrons. The number of nitrogens with one attached hydrogen (secondary N) is 1. The van der Waals surface area contributed by atoms with Crippen LogP contribution in [-0.2, 0) is 6.42 Å². The number of methoxy groups -OCH3 is 2. The van der Waals surface area contributed by atoms with Gasteiger partial charge in [0.05, 0.1) is 25.5 Å². The fourth-order valence-corrected chi connectivity index (χ4v) is 2.39. The van der Waals surface area contributed by atoms with Crippen molar-refractivity contribution in [3.63, 3.8) is 0 Å². The third kappa shape index (κ3) is 4.47. The number of rotatable bonds is 7. The molecule has 0 unspecified atom stereocenters. The van der Waals surface area contributed by atoms with Crippen LogP contribution in [0.4, 0.5) is 0 Å². The van der Waals surface area contributed by atoms with E-state index >= 15 is 0 Å². The number of carbonyl (C=O) groups is 2. The highest BCUT2D eigenvalue weighted by Gasteiger charge is 2.13. The largest absolute Gasteiger partial charge is 0.497 e. The summed E-state index contributed by atoms with van der Waals surface area (Å²) in [5.74, 6) is 0.00230. The summed E-state index contributed by atoms with van der Waals surface area (Å²) in [6.07, 6.45) is 0.554. The smallest absolute Gasteiger partial charge is 0.337 e. The summed E-state index contributed by atoms with van der Waals surface area (Å²) in [6.45, 7) is 1.94. The lowest BCUT2D eigenvalue weighted by Crippen LogP contribution is -2.27. The van der Waals surface area contributed by atoms with Crippen LogP contribution in [0, 0.1) is 6.92 Å². The van der Waals surface area contributed by atoms with E-state index in [1.54, 1.807) is 27.2 Å². The molecule has 1 aromatic heterocycles. The van der Waals surface area contributed by atoms with Crippen molar-refractivity contribution in [2.24, 2.45) is 0 Å². The number of ether oxygens (including phenoxy) is 2. The first-order valence-corrected chi connectivity index (χ1v) is 7.66. The highest BCUT2D eigenvalue weighted by atomic mass is 16.5. The fraction of sp³-hybridized carbons (Fsp3) is 0.278. The molecule has 1 amide bonds. The maximum atomic E-state index is 12.2. The van der Waals surface area contributed by atoms with Crippen LogP contribution in [0.2, 0.25) is 0 Å². The Morgan fingerprint density at radius 3 is 2.52 bits per heavy atom. The van der Waals surface area contributed by atoms with Crippen molar-refractivity contribution < 1.29 is 24.2 Å². The predicted molar refractivity (Wildman–Crippen MR) is 91.5 cm³/mol. The Morgan fingerprint density at radius 1 is 1.16 bits per heavy atom. The average molecular weight is 344 g/mol. The summed E-state index contributed by atoms with van der Waals surface area (Å²) in [5, 5.41) is 11.8. The van der Waals surface area contributed by atoms with E-state index in [9.17, 15) is 9.59 Å². The molecule has 0 aliphatic rings. The van der Waals surface area contributed by atoms with Gasteiger partial charge >= 0.3 is 5.97 Å². The van der Waals surface area contributed by atoms with Crippen molar-refractivity contribution in [3.8, 4) is 11.5 Å². The van der Waals surface area contributed by atoms with E-state index < -0.39 is 5.97 Å². The molecule has 1 heterocycles. The van der Waals surface area contributed by atoms with Gasteiger partial charge < -0.3 is 19.9 Å². The lowest BCUT2D eigenvalue weighted by Gasteiger charge is -2.11. The summed E-state index contributed by atoms with van der Waals surface area (Å²) < 4.78 is 10.5. The zero-order chi connectivity index (χ0) is 18.4. The van der Waals surface area contributed by atoms with Crippen molar-refractivity contribution in [2.45, 2.75) is 13.3 Å². The molecule has 2 rings (SSSR count). The average Bonchev–Trinajstić information content (AvgIpc) is 2.61. The van der Waals surface area contributed by atoms with Gasteiger partial charge in [0.25, 0.3) is 5.91 Å². The van der Waals surface area contributed by atoms with Gasteiger partial charge in [-0.1, -0.05) is 0 Å². The first-order chi connectivity index (χ1) is 12.0. The molecule has 132 valence electrons. The van der Waals surface area contributed by atoms with Crippen molar-refractivity contribution in [3.05, 3.63) is 52.8 Å². The van der Waals surface area contributed by atoms with E-state index in [1.807, 2.05) is 12.1 Å². The molecular weight excluding hydrogens is 324 g/mol. The highest BCUT2D eigenvalue weighted by molar-refractivity contribution is 5.94. The highest BCUT2D eigenvalue weighted by Crippen LogP contribution is 2.24. The van der Waals surface area contributed by atoms with E-state index in [4.69, 9.17) is 14.6 Å². The number of benzene rings is 1. The number of carboxylic acids is 1.